The maximum atomic E-state index is 12.7. The summed E-state index contributed by atoms with van der Waals surface area (Å²) < 4.78 is 15.8. The van der Waals surface area contributed by atoms with Crippen molar-refractivity contribution in [1.82, 2.24) is 5.43 Å². The molecule has 0 atom stereocenters. The van der Waals surface area contributed by atoms with Gasteiger partial charge < -0.3 is 19.5 Å². The van der Waals surface area contributed by atoms with Crippen LogP contribution in [0.25, 0.3) is 0 Å². The number of benzene rings is 3. The molecule has 0 aliphatic heterocycles. The second kappa shape index (κ2) is 10.6. The van der Waals surface area contributed by atoms with E-state index in [1.807, 2.05) is 30.3 Å². The molecule has 0 aliphatic rings. The molecule has 0 bridgehead atoms. The maximum absolute atomic E-state index is 12.7. The molecule has 0 aliphatic carbocycles. The zero-order valence-electron chi connectivity index (χ0n) is 17.9. The first-order valence-electron chi connectivity index (χ1n) is 9.65. The van der Waals surface area contributed by atoms with Gasteiger partial charge in [0.05, 0.1) is 27.5 Å². The van der Waals surface area contributed by atoms with Crippen LogP contribution in [0.2, 0.25) is 0 Å². The molecule has 0 spiro atoms. The van der Waals surface area contributed by atoms with Crippen molar-refractivity contribution in [3.63, 3.8) is 0 Å². The molecule has 32 heavy (non-hydrogen) atoms. The predicted molar refractivity (Wildman–Crippen MR) is 122 cm³/mol. The summed E-state index contributed by atoms with van der Waals surface area (Å²) in [5, 5.41) is 6.72. The van der Waals surface area contributed by atoms with Gasteiger partial charge in [0.2, 0.25) is 5.75 Å². The Labute approximate surface area is 185 Å². The van der Waals surface area contributed by atoms with E-state index >= 15 is 0 Å². The van der Waals surface area contributed by atoms with Crippen LogP contribution in [-0.4, -0.2) is 39.4 Å². The molecule has 0 saturated carbocycles. The summed E-state index contributed by atoms with van der Waals surface area (Å²) in [5.74, 6) is 0.422. The Bertz CT molecular complexity index is 1090. The number of anilines is 1. The lowest BCUT2D eigenvalue weighted by Crippen LogP contribution is -2.18. The number of ether oxygens (including phenoxy) is 3. The number of hydrogen-bond donors (Lipinski definition) is 2. The van der Waals surface area contributed by atoms with Crippen molar-refractivity contribution in [2.75, 3.05) is 26.6 Å². The molecule has 0 heterocycles. The first-order chi connectivity index (χ1) is 15.5. The largest absolute Gasteiger partial charge is 0.493 e. The highest BCUT2D eigenvalue weighted by Crippen LogP contribution is 2.38. The average molecular weight is 433 g/mol. The molecule has 3 aromatic rings. The number of nitrogens with zero attached hydrogens (tertiary/aromatic N) is 1. The number of methoxy groups -OCH3 is 3. The van der Waals surface area contributed by atoms with Gasteiger partial charge in [0, 0.05) is 16.8 Å². The number of carbonyl (C=O) groups excluding carboxylic acids is 2. The van der Waals surface area contributed by atoms with Crippen molar-refractivity contribution in [2.24, 2.45) is 5.10 Å². The zero-order valence-corrected chi connectivity index (χ0v) is 17.9. The summed E-state index contributed by atoms with van der Waals surface area (Å²) in [6.07, 6.45) is 1.56. The Morgan fingerprint density at radius 2 is 1.41 bits per heavy atom. The van der Waals surface area contributed by atoms with E-state index in [0.717, 1.165) is 5.56 Å². The zero-order chi connectivity index (χ0) is 22.9. The number of hydrazone groups is 1. The van der Waals surface area contributed by atoms with Gasteiger partial charge in [-0.1, -0.05) is 30.3 Å². The SMILES string of the molecule is COc1cc(C(=O)Nc2ccc(C(=O)N/N=C\c3ccccc3)cc2)cc(OC)c1OC. The highest BCUT2D eigenvalue weighted by molar-refractivity contribution is 6.05. The van der Waals surface area contributed by atoms with Crippen LogP contribution in [0.15, 0.2) is 71.8 Å². The smallest absolute Gasteiger partial charge is 0.271 e. The molecule has 3 rings (SSSR count). The molecule has 0 saturated heterocycles. The van der Waals surface area contributed by atoms with E-state index in [1.54, 1.807) is 42.6 Å². The topological polar surface area (TPSA) is 98.2 Å². The molecule has 0 radical (unpaired) electrons. The van der Waals surface area contributed by atoms with Gasteiger partial charge in [-0.25, -0.2) is 5.43 Å². The van der Waals surface area contributed by atoms with E-state index in [-0.39, 0.29) is 11.8 Å². The lowest BCUT2D eigenvalue weighted by atomic mass is 10.1. The fraction of sp³-hybridized carbons (Fsp3) is 0.125. The molecule has 3 aromatic carbocycles. The molecule has 164 valence electrons. The summed E-state index contributed by atoms with van der Waals surface area (Å²) in [7, 11) is 4.45. The molecule has 0 aromatic heterocycles. The second-order valence-corrected chi connectivity index (χ2v) is 6.56. The van der Waals surface area contributed by atoms with Crippen molar-refractivity contribution < 1.29 is 23.8 Å². The van der Waals surface area contributed by atoms with Gasteiger partial charge in [-0.3, -0.25) is 9.59 Å². The van der Waals surface area contributed by atoms with E-state index in [9.17, 15) is 9.59 Å². The van der Waals surface area contributed by atoms with E-state index in [0.29, 0.717) is 34.1 Å². The van der Waals surface area contributed by atoms with Crippen LogP contribution in [0, 0.1) is 0 Å². The van der Waals surface area contributed by atoms with E-state index < -0.39 is 0 Å². The van der Waals surface area contributed by atoms with Gasteiger partial charge in [-0.2, -0.15) is 5.10 Å². The monoisotopic (exact) mass is 433 g/mol. The van der Waals surface area contributed by atoms with Gasteiger partial charge in [0.1, 0.15) is 0 Å². The van der Waals surface area contributed by atoms with Gasteiger partial charge >= 0.3 is 0 Å². The standard InChI is InChI=1S/C24H23N3O5/c1-30-20-13-18(14-21(31-2)22(20)32-3)23(28)26-19-11-9-17(10-12-19)24(29)27-25-15-16-7-5-4-6-8-16/h4-15H,1-3H3,(H,26,28)(H,27,29)/b25-15-. The molecule has 2 amide bonds. The summed E-state index contributed by atoms with van der Waals surface area (Å²) >= 11 is 0. The van der Waals surface area contributed by atoms with Gasteiger partial charge in [0.25, 0.3) is 11.8 Å². The third kappa shape index (κ3) is 5.42. The quantitative estimate of drug-likeness (QED) is 0.417. The van der Waals surface area contributed by atoms with Crippen molar-refractivity contribution in [3.8, 4) is 17.2 Å². The summed E-state index contributed by atoms with van der Waals surface area (Å²) in [6.45, 7) is 0. The molecule has 8 nitrogen and oxygen atoms in total. The average Bonchev–Trinajstić information content (AvgIpc) is 2.84. The molecule has 8 heteroatoms. The molecule has 2 N–H and O–H groups in total. The summed E-state index contributed by atoms with van der Waals surface area (Å²) in [4.78, 5) is 24.9. The lowest BCUT2D eigenvalue weighted by molar-refractivity contribution is 0.0954. The molecule has 0 fully saturated rings. The number of amides is 2. The Morgan fingerprint density at radius 3 is 1.97 bits per heavy atom. The molecule has 0 unspecified atom stereocenters. The van der Waals surface area contributed by atoms with Crippen LogP contribution in [-0.2, 0) is 0 Å². The van der Waals surface area contributed by atoms with Crippen LogP contribution in [0.4, 0.5) is 5.69 Å². The van der Waals surface area contributed by atoms with Crippen molar-refractivity contribution in [3.05, 3.63) is 83.4 Å². The minimum absolute atomic E-state index is 0.330. The van der Waals surface area contributed by atoms with Crippen LogP contribution < -0.4 is 25.0 Å². The number of carbonyl (C=O) groups is 2. The third-order valence-electron chi connectivity index (χ3n) is 4.51. The highest BCUT2D eigenvalue weighted by Gasteiger charge is 2.17. The Kier molecular flexibility index (Phi) is 7.42. The van der Waals surface area contributed by atoms with Gasteiger partial charge in [0.15, 0.2) is 11.5 Å². The first-order valence-corrected chi connectivity index (χ1v) is 9.65. The maximum Gasteiger partial charge on any atom is 0.271 e. The Morgan fingerprint density at radius 1 is 0.781 bits per heavy atom. The molecular weight excluding hydrogens is 410 g/mol. The summed E-state index contributed by atoms with van der Waals surface area (Å²) in [6, 6.07) is 19.0. The van der Waals surface area contributed by atoms with Gasteiger partial charge in [-0.05, 0) is 42.0 Å². The normalized spacial score (nSPS) is 10.5. The first kappa shape index (κ1) is 22.4. The fourth-order valence-electron chi connectivity index (χ4n) is 2.89. The van der Waals surface area contributed by atoms with Crippen LogP contribution >= 0.6 is 0 Å². The van der Waals surface area contributed by atoms with Crippen LogP contribution in [0.3, 0.4) is 0 Å². The van der Waals surface area contributed by atoms with E-state index in [4.69, 9.17) is 14.2 Å². The van der Waals surface area contributed by atoms with E-state index in [1.165, 1.54) is 21.3 Å². The van der Waals surface area contributed by atoms with Crippen molar-refractivity contribution in [2.45, 2.75) is 0 Å². The number of nitrogens with one attached hydrogen (secondary N) is 2. The second-order valence-electron chi connectivity index (χ2n) is 6.56. The summed E-state index contributed by atoms with van der Waals surface area (Å²) in [5.41, 5.74) is 4.60. The van der Waals surface area contributed by atoms with E-state index in [2.05, 4.69) is 15.8 Å². The third-order valence-corrected chi connectivity index (χ3v) is 4.51. The fourth-order valence-corrected chi connectivity index (χ4v) is 2.89. The number of rotatable bonds is 8. The lowest BCUT2D eigenvalue weighted by Gasteiger charge is -2.14. The van der Waals surface area contributed by atoms with Crippen molar-refractivity contribution >= 4 is 23.7 Å². The minimum Gasteiger partial charge on any atom is -0.493 e. The van der Waals surface area contributed by atoms with Crippen LogP contribution in [0.1, 0.15) is 26.3 Å². The number of hydrogen-bond acceptors (Lipinski definition) is 6. The van der Waals surface area contributed by atoms with Crippen LogP contribution in [0.5, 0.6) is 17.2 Å². The molecular formula is C24H23N3O5. The van der Waals surface area contributed by atoms with Crippen molar-refractivity contribution in [1.29, 1.82) is 0 Å². The Balaban J connectivity index is 1.66. The highest BCUT2D eigenvalue weighted by atomic mass is 16.5. The Hall–Kier alpha value is -4.33. The van der Waals surface area contributed by atoms with Gasteiger partial charge in [-0.15, -0.1) is 0 Å². The minimum atomic E-state index is -0.367. The predicted octanol–water partition coefficient (Wildman–Crippen LogP) is 3.73.